The van der Waals surface area contributed by atoms with Gasteiger partial charge in [0.1, 0.15) is 0 Å². The molecule has 0 aromatic heterocycles. The first kappa shape index (κ1) is 26.2. The number of nitrogens with zero attached hydrogens (tertiary/aromatic N) is 2. The lowest BCUT2D eigenvalue weighted by Gasteiger charge is -2.29. The van der Waals surface area contributed by atoms with Gasteiger partial charge in [-0.05, 0) is 36.8 Å². The molecule has 2 amide bonds. The average molecular weight is 526 g/mol. The lowest BCUT2D eigenvalue weighted by Crippen LogP contribution is -2.31. The molecule has 3 aromatic rings. The Labute approximate surface area is 223 Å². The highest BCUT2D eigenvalue weighted by Gasteiger charge is 2.34. The normalized spacial score (nSPS) is 14.8. The Kier molecular flexibility index (Phi) is 8.20. The zero-order chi connectivity index (χ0) is 27.1. The van der Waals surface area contributed by atoms with Crippen molar-refractivity contribution in [1.82, 2.24) is 5.32 Å². The maximum absolute atomic E-state index is 13.4. The Bertz CT molecular complexity index is 1460. The van der Waals surface area contributed by atoms with E-state index in [9.17, 15) is 25.0 Å². The smallest absolute Gasteiger partial charge is 0.269 e. The molecule has 190 valence electrons. The van der Waals surface area contributed by atoms with Gasteiger partial charge in [0.2, 0.25) is 5.91 Å². The minimum absolute atomic E-state index is 0.0230. The monoisotopic (exact) mass is 525 g/mol. The number of benzene rings is 3. The lowest BCUT2D eigenvalue weighted by atomic mass is 9.82. The molecule has 1 aliphatic rings. The molecule has 10 heteroatoms. The summed E-state index contributed by atoms with van der Waals surface area (Å²) in [5.41, 5.74) is 3.07. The molecule has 3 aromatic carbocycles. The van der Waals surface area contributed by atoms with Gasteiger partial charge in [-0.25, -0.2) is 0 Å². The number of hydrogen-bond acceptors (Lipinski definition) is 7. The summed E-state index contributed by atoms with van der Waals surface area (Å²) in [6.07, 6.45) is 0. The fourth-order valence-corrected chi connectivity index (χ4v) is 4.92. The average Bonchev–Trinajstić information content (AvgIpc) is 2.92. The summed E-state index contributed by atoms with van der Waals surface area (Å²) in [6, 6.07) is 26.1. The number of carbonyl (C=O) groups excluding carboxylic acids is 2. The molecular weight excluding hydrogens is 502 g/mol. The summed E-state index contributed by atoms with van der Waals surface area (Å²) >= 11 is 1.15. The maximum atomic E-state index is 13.4. The third-order valence-corrected chi connectivity index (χ3v) is 6.78. The van der Waals surface area contributed by atoms with Crippen molar-refractivity contribution in [3.05, 3.63) is 122 Å². The number of rotatable bonds is 8. The quantitative estimate of drug-likeness (QED) is 0.268. The van der Waals surface area contributed by atoms with Gasteiger partial charge in [0.05, 0.1) is 33.3 Å². The Morgan fingerprint density at radius 3 is 2.18 bits per heavy atom. The van der Waals surface area contributed by atoms with E-state index in [0.29, 0.717) is 33.2 Å². The highest BCUT2D eigenvalue weighted by Crippen LogP contribution is 2.41. The number of dihydropyridines is 1. The molecule has 0 saturated carbocycles. The first-order valence-corrected chi connectivity index (χ1v) is 12.6. The number of nitro groups is 1. The summed E-state index contributed by atoms with van der Waals surface area (Å²) in [6.45, 7) is 1.77. The predicted octanol–water partition coefficient (Wildman–Crippen LogP) is 5.30. The number of nitriles is 1. The lowest BCUT2D eigenvalue weighted by molar-refractivity contribution is -0.384. The van der Waals surface area contributed by atoms with Crippen LogP contribution in [0.4, 0.5) is 17.1 Å². The predicted molar refractivity (Wildman–Crippen MR) is 147 cm³/mol. The number of amides is 2. The van der Waals surface area contributed by atoms with Gasteiger partial charge in [0.25, 0.3) is 11.6 Å². The van der Waals surface area contributed by atoms with Crippen molar-refractivity contribution in [2.75, 3.05) is 16.4 Å². The Morgan fingerprint density at radius 1 is 0.974 bits per heavy atom. The van der Waals surface area contributed by atoms with E-state index in [1.165, 1.54) is 24.3 Å². The van der Waals surface area contributed by atoms with Crippen molar-refractivity contribution in [3.8, 4) is 6.07 Å². The third kappa shape index (κ3) is 6.08. The topological polar surface area (TPSA) is 137 Å². The van der Waals surface area contributed by atoms with E-state index in [1.54, 1.807) is 19.1 Å². The van der Waals surface area contributed by atoms with Gasteiger partial charge in [-0.3, -0.25) is 19.7 Å². The molecule has 0 bridgehead atoms. The van der Waals surface area contributed by atoms with Crippen molar-refractivity contribution in [3.63, 3.8) is 0 Å². The third-order valence-electron chi connectivity index (χ3n) is 5.77. The number of nitro benzene ring substituents is 1. The maximum Gasteiger partial charge on any atom is 0.269 e. The first-order valence-electron chi connectivity index (χ1n) is 11.6. The van der Waals surface area contributed by atoms with Gasteiger partial charge >= 0.3 is 0 Å². The molecule has 0 spiro atoms. The molecular formula is C28H23N5O4S. The Balaban J connectivity index is 1.57. The second-order valence-corrected chi connectivity index (χ2v) is 9.31. The molecule has 4 rings (SSSR count). The van der Waals surface area contributed by atoms with E-state index in [4.69, 9.17) is 0 Å². The number of carbonyl (C=O) groups is 2. The molecule has 1 aliphatic heterocycles. The summed E-state index contributed by atoms with van der Waals surface area (Å²) in [7, 11) is 0. The SMILES string of the molecule is CC1=C(C(=O)Nc2ccccc2)[C@H](c2ccccc2)C(C#N)=C(SCC(=O)Nc2ccc([N+](=O)[O-])cc2)N1. The fourth-order valence-electron chi connectivity index (χ4n) is 4.03. The molecule has 0 fully saturated rings. The standard InChI is InChI=1S/C28H23N5O4S/c1-18-25(27(35)32-20-10-6-3-7-11-20)26(19-8-4-2-5-9-19)23(16-29)28(30-18)38-17-24(34)31-21-12-14-22(15-13-21)33(36)37/h2-15,26,30H,17H2,1H3,(H,31,34)(H,32,35)/t26-/m1/s1. The van der Waals surface area contributed by atoms with Gasteiger partial charge in [0, 0.05) is 34.8 Å². The van der Waals surface area contributed by atoms with Crippen LogP contribution in [0.25, 0.3) is 0 Å². The zero-order valence-electron chi connectivity index (χ0n) is 20.3. The van der Waals surface area contributed by atoms with Crippen LogP contribution in [0.5, 0.6) is 0 Å². The minimum atomic E-state index is -0.633. The van der Waals surface area contributed by atoms with Crippen molar-refractivity contribution in [2.24, 2.45) is 0 Å². The van der Waals surface area contributed by atoms with E-state index >= 15 is 0 Å². The number of thioether (sulfide) groups is 1. The highest BCUT2D eigenvalue weighted by atomic mass is 32.2. The fraction of sp³-hybridized carbons (Fsp3) is 0.107. The van der Waals surface area contributed by atoms with Crippen molar-refractivity contribution in [1.29, 1.82) is 5.26 Å². The van der Waals surface area contributed by atoms with Gasteiger partial charge in [0.15, 0.2) is 0 Å². The van der Waals surface area contributed by atoms with Crippen molar-refractivity contribution >= 4 is 40.6 Å². The Hall–Kier alpha value is -4.88. The van der Waals surface area contributed by atoms with Crippen molar-refractivity contribution in [2.45, 2.75) is 12.8 Å². The second kappa shape index (κ2) is 11.9. The molecule has 38 heavy (non-hydrogen) atoms. The van der Waals surface area contributed by atoms with Crippen LogP contribution in [0.15, 0.2) is 107 Å². The molecule has 1 atom stereocenters. The van der Waals surface area contributed by atoms with Crippen LogP contribution in [0.2, 0.25) is 0 Å². The number of nitrogens with one attached hydrogen (secondary N) is 3. The Morgan fingerprint density at radius 2 is 1.58 bits per heavy atom. The van der Waals surface area contributed by atoms with E-state index < -0.39 is 10.8 Å². The van der Waals surface area contributed by atoms with Gasteiger partial charge in [-0.15, -0.1) is 0 Å². The van der Waals surface area contributed by atoms with Gasteiger partial charge < -0.3 is 16.0 Å². The largest absolute Gasteiger partial charge is 0.353 e. The van der Waals surface area contributed by atoms with E-state index in [2.05, 4.69) is 22.0 Å². The molecule has 0 aliphatic carbocycles. The first-order chi connectivity index (χ1) is 18.4. The number of para-hydroxylation sites is 1. The van der Waals surface area contributed by atoms with Crippen LogP contribution >= 0.6 is 11.8 Å². The molecule has 1 heterocycles. The van der Waals surface area contributed by atoms with Crippen LogP contribution < -0.4 is 16.0 Å². The van der Waals surface area contributed by atoms with Gasteiger partial charge in [-0.1, -0.05) is 60.3 Å². The highest BCUT2D eigenvalue weighted by molar-refractivity contribution is 8.03. The molecule has 0 radical (unpaired) electrons. The van der Waals surface area contributed by atoms with Crippen LogP contribution in [-0.4, -0.2) is 22.5 Å². The van der Waals surface area contributed by atoms with Crippen LogP contribution in [0, 0.1) is 21.4 Å². The molecule has 0 unspecified atom stereocenters. The van der Waals surface area contributed by atoms with Crippen LogP contribution in [0.3, 0.4) is 0 Å². The molecule has 0 saturated heterocycles. The summed E-state index contributed by atoms with van der Waals surface area (Å²) in [5.74, 6) is -1.33. The second-order valence-electron chi connectivity index (χ2n) is 8.32. The molecule has 3 N–H and O–H groups in total. The number of anilines is 2. The van der Waals surface area contributed by atoms with Crippen molar-refractivity contribution < 1.29 is 14.5 Å². The summed E-state index contributed by atoms with van der Waals surface area (Å²) in [5, 5.41) is 30.2. The van der Waals surface area contributed by atoms with E-state index in [-0.39, 0.29) is 23.3 Å². The molecule has 9 nitrogen and oxygen atoms in total. The van der Waals surface area contributed by atoms with Gasteiger partial charge in [-0.2, -0.15) is 5.26 Å². The zero-order valence-corrected chi connectivity index (χ0v) is 21.1. The van der Waals surface area contributed by atoms with Crippen LogP contribution in [0.1, 0.15) is 18.4 Å². The van der Waals surface area contributed by atoms with Crippen LogP contribution in [-0.2, 0) is 9.59 Å². The summed E-state index contributed by atoms with van der Waals surface area (Å²) in [4.78, 5) is 36.3. The summed E-state index contributed by atoms with van der Waals surface area (Å²) < 4.78 is 0. The van der Waals surface area contributed by atoms with E-state index in [1.807, 2.05) is 48.5 Å². The number of allylic oxidation sites excluding steroid dienone is 2. The number of non-ortho nitro benzene ring substituents is 1. The minimum Gasteiger partial charge on any atom is -0.353 e. The number of hydrogen-bond donors (Lipinski definition) is 3. The van der Waals surface area contributed by atoms with E-state index in [0.717, 1.165) is 17.3 Å².